The zero-order valence-electron chi connectivity index (χ0n) is 18.6. The Morgan fingerprint density at radius 3 is 1.74 bits per heavy atom. The van der Waals surface area contributed by atoms with Crippen LogP contribution in [0, 0.1) is 0 Å². The smallest absolute Gasteiger partial charge is 0.214 e. The van der Waals surface area contributed by atoms with Crippen LogP contribution >= 0.6 is 0 Å². The summed E-state index contributed by atoms with van der Waals surface area (Å²) in [7, 11) is -3.51. The van der Waals surface area contributed by atoms with Gasteiger partial charge in [0, 0.05) is 36.3 Å². The van der Waals surface area contributed by atoms with Gasteiger partial charge in [0.1, 0.15) is 11.4 Å². The van der Waals surface area contributed by atoms with Crippen LogP contribution in [0.5, 0.6) is 0 Å². The molecule has 31 heavy (non-hydrogen) atoms. The van der Waals surface area contributed by atoms with Crippen LogP contribution in [0.2, 0.25) is 0 Å². The van der Waals surface area contributed by atoms with Crippen molar-refractivity contribution in [3.63, 3.8) is 0 Å². The number of carbonyl (C=O) groups excluding carboxylic acids is 1. The van der Waals surface area contributed by atoms with Crippen LogP contribution in [0.1, 0.15) is 64.5 Å². The van der Waals surface area contributed by atoms with Crippen molar-refractivity contribution in [2.24, 2.45) is 0 Å². The second-order valence-corrected chi connectivity index (χ2v) is 10.3. The molecule has 168 valence electrons. The molecule has 0 aromatic carbocycles. The molecule has 0 saturated carbocycles. The molecule has 2 aromatic rings. The first-order chi connectivity index (χ1) is 14.6. The lowest BCUT2D eigenvalue weighted by atomic mass is 9.97. The van der Waals surface area contributed by atoms with Gasteiger partial charge in [-0.1, -0.05) is 17.4 Å². The predicted octanol–water partition coefficient (Wildman–Crippen LogP) is 2.12. The van der Waals surface area contributed by atoms with E-state index >= 15 is 0 Å². The van der Waals surface area contributed by atoms with Crippen LogP contribution in [0.4, 0.5) is 0 Å². The van der Waals surface area contributed by atoms with Crippen molar-refractivity contribution >= 4 is 28.0 Å². The molecule has 1 aliphatic heterocycles. The zero-order valence-corrected chi connectivity index (χ0v) is 19.4. The lowest BCUT2D eigenvalue weighted by Crippen LogP contribution is -2.42. The maximum Gasteiger partial charge on any atom is 0.214 e. The first-order valence-electron chi connectivity index (χ1n) is 10.4. The summed E-state index contributed by atoms with van der Waals surface area (Å²) in [6, 6.07) is 0.254. The van der Waals surface area contributed by atoms with Gasteiger partial charge in [0.2, 0.25) is 10.0 Å². The monoisotopic (exact) mass is 447 g/mol. The summed E-state index contributed by atoms with van der Waals surface area (Å²) >= 11 is 0. The second kappa shape index (κ2) is 9.23. The number of ketones is 1. The van der Waals surface area contributed by atoms with Crippen LogP contribution in [0.25, 0.3) is 12.2 Å². The Bertz CT molecular complexity index is 1040. The van der Waals surface area contributed by atoms with Crippen LogP contribution < -0.4 is 0 Å². The molecule has 10 nitrogen and oxygen atoms in total. The highest BCUT2D eigenvalue weighted by Gasteiger charge is 2.33. The third-order valence-corrected chi connectivity index (χ3v) is 6.86. The molecule has 0 amide bonds. The normalized spacial score (nSPS) is 18.7. The summed E-state index contributed by atoms with van der Waals surface area (Å²) in [5, 5.41) is 16.3. The standard InChI is InChI=1S/C20H29N7O3S/c1-6-7-31(29,30)25-10-16(8-18-12-26(14(2)3)23-21-18)20(28)17(11-25)9-19-13-27(15(4)5)24-22-19/h8-9,12-15H,6-7,10-11H2,1-5H3. The van der Waals surface area contributed by atoms with Gasteiger partial charge in [-0.3, -0.25) is 4.79 Å². The number of hydrogen-bond donors (Lipinski definition) is 0. The van der Waals surface area contributed by atoms with Gasteiger partial charge in [-0.05, 0) is 46.3 Å². The summed E-state index contributed by atoms with van der Waals surface area (Å²) in [4.78, 5) is 13.2. The van der Waals surface area contributed by atoms with E-state index in [9.17, 15) is 13.2 Å². The summed E-state index contributed by atoms with van der Waals surface area (Å²) in [5.41, 5.74) is 1.72. The van der Waals surface area contributed by atoms with Crippen molar-refractivity contribution in [3.8, 4) is 0 Å². The van der Waals surface area contributed by atoms with Crippen molar-refractivity contribution in [2.75, 3.05) is 18.8 Å². The van der Waals surface area contributed by atoms with Gasteiger partial charge in [-0.2, -0.15) is 4.31 Å². The van der Waals surface area contributed by atoms with Crippen LogP contribution in [0.3, 0.4) is 0 Å². The minimum absolute atomic E-state index is 0.00568. The van der Waals surface area contributed by atoms with Crippen LogP contribution in [-0.4, -0.2) is 67.3 Å². The number of sulfonamides is 1. The molecule has 0 N–H and O–H groups in total. The number of piperidine rings is 1. The molecule has 2 aromatic heterocycles. The van der Waals surface area contributed by atoms with E-state index in [-0.39, 0.29) is 36.7 Å². The topological polar surface area (TPSA) is 116 Å². The van der Waals surface area contributed by atoms with E-state index in [2.05, 4.69) is 20.6 Å². The summed E-state index contributed by atoms with van der Waals surface area (Å²) < 4.78 is 30.3. The molecular formula is C20H29N7O3S. The Hall–Kier alpha value is -2.66. The number of hydrogen-bond acceptors (Lipinski definition) is 7. The molecule has 0 unspecified atom stereocenters. The van der Waals surface area contributed by atoms with Crippen molar-refractivity contribution in [3.05, 3.63) is 34.9 Å². The Morgan fingerprint density at radius 2 is 1.39 bits per heavy atom. The van der Waals surface area contributed by atoms with Gasteiger partial charge in [-0.15, -0.1) is 10.2 Å². The highest BCUT2D eigenvalue weighted by atomic mass is 32.2. The number of nitrogens with zero attached hydrogens (tertiary/aromatic N) is 7. The van der Waals surface area contributed by atoms with Gasteiger partial charge in [0.15, 0.2) is 5.78 Å². The fourth-order valence-corrected chi connectivity index (χ4v) is 4.61. The fraction of sp³-hybridized carbons (Fsp3) is 0.550. The summed E-state index contributed by atoms with van der Waals surface area (Å²) in [6.07, 6.45) is 7.20. The number of rotatable bonds is 7. The van der Waals surface area contributed by atoms with Crippen molar-refractivity contribution in [1.29, 1.82) is 0 Å². The minimum Gasteiger partial charge on any atom is -0.289 e. The first-order valence-corrected chi connectivity index (χ1v) is 12.0. The Labute approximate surface area is 182 Å². The minimum atomic E-state index is -3.51. The molecule has 3 rings (SSSR count). The van der Waals surface area contributed by atoms with Gasteiger partial charge in [-0.25, -0.2) is 17.8 Å². The lowest BCUT2D eigenvalue weighted by molar-refractivity contribution is -0.113. The third-order valence-electron chi connectivity index (χ3n) is 4.89. The van der Waals surface area contributed by atoms with Crippen molar-refractivity contribution < 1.29 is 13.2 Å². The molecule has 1 aliphatic rings. The summed E-state index contributed by atoms with van der Waals surface area (Å²) in [5.74, 6) is -0.199. The average Bonchev–Trinajstić information content (AvgIpc) is 3.34. The van der Waals surface area contributed by atoms with Crippen molar-refractivity contribution in [1.82, 2.24) is 34.3 Å². The first kappa shape index (κ1) is 23.0. The molecule has 0 spiro atoms. The molecule has 1 fully saturated rings. The Kier molecular flexibility index (Phi) is 6.85. The maximum atomic E-state index is 13.2. The molecule has 0 radical (unpaired) electrons. The SMILES string of the molecule is CCCS(=O)(=O)N1CC(=Cc2cn(C(C)C)nn2)C(=O)C(=Cc2cn(C(C)C)nn2)C1. The van der Waals surface area contributed by atoms with Crippen molar-refractivity contribution in [2.45, 2.75) is 53.1 Å². The predicted molar refractivity (Wildman–Crippen MR) is 117 cm³/mol. The van der Waals surface area contributed by atoms with Gasteiger partial charge < -0.3 is 0 Å². The van der Waals surface area contributed by atoms with E-state index in [1.165, 1.54) is 4.31 Å². The van der Waals surface area contributed by atoms with Crippen LogP contribution in [-0.2, 0) is 14.8 Å². The second-order valence-electron chi connectivity index (χ2n) is 8.19. The Morgan fingerprint density at radius 1 is 0.935 bits per heavy atom. The number of carbonyl (C=O) groups is 1. The lowest BCUT2D eigenvalue weighted by Gasteiger charge is -2.28. The van der Waals surface area contributed by atoms with E-state index in [4.69, 9.17) is 0 Å². The Balaban J connectivity index is 2.00. The van der Waals surface area contributed by atoms with E-state index in [0.717, 1.165) is 0 Å². The van der Waals surface area contributed by atoms with E-state index in [1.807, 2.05) is 34.6 Å². The quantitative estimate of drug-likeness (QED) is 0.597. The third kappa shape index (κ3) is 5.34. The van der Waals surface area contributed by atoms with E-state index in [1.54, 1.807) is 33.9 Å². The molecule has 3 heterocycles. The van der Waals surface area contributed by atoms with Gasteiger partial charge >= 0.3 is 0 Å². The van der Waals surface area contributed by atoms with Gasteiger partial charge in [0.25, 0.3) is 0 Å². The molecular weight excluding hydrogens is 418 g/mol. The summed E-state index contributed by atoms with van der Waals surface area (Å²) in [6.45, 7) is 9.72. The zero-order chi connectivity index (χ0) is 22.8. The number of Topliss-reactive ketones (excluding diaryl/α,β-unsaturated/α-hetero) is 1. The largest absolute Gasteiger partial charge is 0.289 e. The van der Waals surface area contributed by atoms with E-state index < -0.39 is 10.0 Å². The molecule has 1 saturated heterocycles. The average molecular weight is 448 g/mol. The highest BCUT2D eigenvalue weighted by Crippen LogP contribution is 2.24. The highest BCUT2D eigenvalue weighted by molar-refractivity contribution is 7.89. The molecule has 0 aliphatic carbocycles. The fourth-order valence-electron chi connectivity index (χ4n) is 3.17. The number of aromatic nitrogens is 6. The van der Waals surface area contributed by atoms with Gasteiger partial charge in [0.05, 0.1) is 18.1 Å². The molecule has 11 heteroatoms. The van der Waals surface area contributed by atoms with E-state index in [0.29, 0.717) is 29.0 Å². The molecule has 0 bridgehead atoms. The molecule has 0 atom stereocenters. The van der Waals surface area contributed by atoms with Crippen LogP contribution in [0.15, 0.2) is 23.5 Å². The maximum absolute atomic E-state index is 13.2.